The van der Waals surface area contributed by atoms with Crippen LogP contribution in [0.1, 0.15) is 158 Å². The van der Waals surface area contributed by atoms with E-state index in [1.165, 1.54) is 21.9 Å². The molecule has 5 aromatic rings. The number of aromatic nitrogens is 7. The number of halogens is 4. The number of carbonyl (C=O) groups is 4. The highest BCUT2D eigenvalue weighted by Crippen LogP contribution is 2.32. The molecule has 1 fully saturated rings. The van der Waals surface area contributed by atoms with E-state index in [0.29, 0.717) is 5.65 Å². The number of imide groups is 2. The fourth-order valence-electron chi connectivity index (χ4n) is 5.56. The van der Waals surface area contributed by atoms with Crippen LogP contribution in [0.3, 0.4) is 0 Å². The van der Waals surface area contributed by atoms with E-state index in [1.807, 2.05) is 90.6 Å². The number of carbonyl (C=O) groups excluding carboxylic acids is 4. The lowest BCUT2D eigenvalue weighted by Gasteiger charge is -2.29. The minimum absolute atomic E-state index is 0. The number of hydrogen-bond donors (Lipinski definition) is 0. The molecule has 7 rings (SSSR count). The Kier molecular flexibility index (Phi) is 25.7. The van der Waals surface area contributed by atoms with Crippen molar-refractivity contribution in [2.45, 2.75) is 197 Å². The van der Waals surface area contributed by atoms with Gasteiger partial charge >= 0.3 is 0 Å². The topological polar surface area (TPSA) is 177 Å². The van der Waals surface area contributed by atoms with Gasteiger partial charge in [0.1, 0.15) is 16.7 Å². The second-order valence-electron chi connectivity index (χ2n) is 22.3. The molecule has 0 aliphatic carbocycles. The number of imidazole rings is 1. The zero-order chi connectivity index (χ0) is 56.1. The van der Waals surface area contributed by atoms with Crippen LogP contribution >= 0.6 is 11.8 Å². The van der Waals surface area contributed by atoms with Crippen molar-refractivity contribution in [2.24, 2.45) is 0 Å². The van der Waals surface area contributed by atoms with Crippen LogP contribution in [-0.2, 0) is 29.6 Å². The molecule has 0 atom stereocenters. The van der Waals surface area contributed by atoms with Crippen molar-refractivity contribution in [1.29, 1.82) is 0 Å². The summed E-state index contributed by atoms with van der Waals surface area (Å²) < 4.78 is 59.9. The van der Waals surface area contributed by atoms with E-state index in [2.05, 4.69) is 71.4 Å². The molecule has 21 heteroatoms. The lowest BCUT2D eigenvalue weighted by Crippen LogP contribution is -2.45. The van der Waals surface area contributed by atoms with Crippen LogP contribution in [0.4, 0.5) is 17.6 Å². The first-order valence-electron chi connectivity index (χ1n) is 23.3. The molecule has 4 amide bonds. The van der Waals surface area contributed by atoms with E-state index in [0.717, 1.165) is 22.5 Å². The Bertz CT molecular complexity index is 2580. The lowest BCUT2D eigenvalue weighted by molar-refractivity contribution is -0.218. The summed E-state index contributed by atoms with van der Waals surface area (Å²) in [6.07, 6.45) is 12.3. The highest BCUT2D eigenvalue weighted by atomic mass is 32.2. The van der Waals surface area contributed by atoms with Gasteiger partial charge in [-0.15, -0.1) is 16.9 Å². The number of pyridine rings is 2. The maximum Gasteiger partial charge on any atom is 0.254 e. The molecule has 6 heterocycles. The number of thioether (sulfide) groups is 1. The first-order chi connectivity index (χ1) is 33.2. The second kappa shape index (κ2) is 28.1. The smallest absolute Gasteiger partial charge is 0.254 e. The maximum atomic E-state index is 13.5. The molecule has 0 saturated carbocycles. The number of rotatable bonds is 4. The number of ether oxygens (including phenoxy) is 1. The van der Waals surface area contributed by atoms with Crippen molar-refractivity contribution in [3.8, 4) is 5.75 Å². The molecule has 0 radical (unpaired) electrons. The molecule has 75 heavy (non-hydrogen) atoms. The summed E-state index contributed by atoms with van der Waals surface area (Å²) in [6, 6.07) is 9.65. The Morgan fingerprint density at radius 1 is 0.600 bits per heavy atom. The molecule has 2 aliphatic heterocycles. The van der Waals surface area contributed by atoms with Gasteiger partial charge in [0, 0.05) is 71.2 Å². The second-order valence-corrected chi connectivity index (χ2v) is 24.1. The van der Waals surface area contributed by atoms with Gasteiger partial charge < -0.3 is 14.1 Å². The number of hydroxylamine groups is 2. The average Bonchev–Trinajstić information content (AvgIpc) is 4.07. The summed E-state index contributed by atoms with van der Waals surface area (Å²) in [5.41, 5.74) is -1.15. The summed E-state index contributed by atoms with van der Waals surface area (Å²) >= 11 is 1.79. The van der Waals surface area contributed by atoms with E-state index < -0.39 is 51.3 Å². The monoisotopic (exact) mass is 1080 g/mol. The third-order valence-electron chi connectivity index (χ3n) is 8.57. The zero-order valence-corrected chi connectivity index (χ0v) is 46.5. The zero-order valence-electron chi connectivity index (χ0n) is 45.6. The molecule has 4 aromatic heterocycles. The van der Waals surface area contributed by atoms with Gasteiger partial charge in [0.25, 0.3) is 23.6 Å². The normalized spacial score (nSPS) is 13.6. The first kappa shape index (κ1) is 68.8. The van der Waals surface area contributed by atoms with Crippen molar-refractivity contribution in [2.75, 3.05) is 0 Å². The number of hydrogen-bond acceptors (Lipinski definition) is 13. The van der Waals surface area contributed by atoms with Crippen molar-refractivity contribution in [1.82, 2.24) is 44.6 Å². The van der Waals surface area contributed by atoms with Crippen LogP contribution in [-0.4, -0.2) is 95.4 Å². The predicted octanol–water partition coefficient (Wildman–Crippen LogP) is 12.2. The molecular weight excluding hydrogens is 995 g/mol. The first-order valence-corrected chi connectivity index (χ1v) is 24.1. The fourth-order valence-corrected chi connectivity index (χ4v) is 6.44. The van der Waals surface area contributed by atoms with E-state index >= 15 is 0 Å². The van der Waals surface area contributed by atoms with Gasteiger partial charge in [0.15, 0.2) is 23.2 Å². The number of nitrogens with zero attached hydrogens (tertiary/aromatic N) is 9. The Morgan fingerprint density at radius 3 is 1.53 bits per heavy atom. The van der Waals surface area contributed by atoms with Crippen LogP contribution in [0.15, 0.2) is 78.6 Å². The summed E-state index contributed by atoms with van der Waals surface area (Å²) in [4.78, 5) is 69.8. The van der Waals surface area contributed by atoms with E-state index in [1.54, 1.807) is 65.7 Å². The molecule has 1 aromatic carbocycles. The Balaban J connectivity index is 0.000000879. The number of fused-ring (bicyclic) bond motifs is 1. The molecule has 2 aliphatic rings. The van der Waals surface area contributed by atoms with Crippen LogP contribution in [0, 0.1) is 30.2 Å². The summed E-state index contributed by atoms with van der Waals surface area (Å²) in [6.45, 7) is 35.4. The molecule has 1 saturated heterocycles. The SMILES string of the molecule is C.C.CC(C)(C)N1C(=O)C=CC1=O.CC(C)(C)ON1C(=O)CCC1=O.CC(C)(C)On1nnc2cccnc21.CC(C)(C)Sc1ccccn1.CC(C)(C)n1ccnc1.Cc1c(F)c(F)c(F)c(OC(C)(C)C)c1F. The van der Waals surface area contributed by atoms with Gasteiger partial charge in [-0.3, -0.25) is 28.9 Å². The van der Waals surface area contributed by atoms with E-state index in [4.69, 9.17) is 14.4 Å². The van der Waals surface area contributed by atoms with Crippen LogP contribution in [0.2, 0.25) is 0 Å². The van der Waals surface area contributed by atoms with E-state index in [9.17, 15) is 36.7 Å². The Labute approximate surface area is 445 Å². The quantitative estimate of drug-likeness (QED) is 0.0547. The van der Waals surface area contributed by atoms with Gasteiger partial charge in [-0.1, -0.05) is 46.5 Å². The lowest BCUT2D eigenvalue weighted by atomic mass is 10.1. The molecule has 16 nitrogen and oxygen atoms in total. The summed E-state index contributed by atoms with van der Waals surface area (Å²) in [5.74, 6) is -7.92. The highest BCUT2D eigenvalue weighted by Gasteiger charge is 2.34. The summed E-state index contributed by atoms with van der Waals surface area (Å²) in [5, 5.41) is 9.76. The average molecular weight is 1080 g/mol. The van der Waals surface area contributed by atoms with Crippen molar-refractivity contribution < 1.29 is 51.2 Å². The molecule has 0 N–H and O–H groups in total. The highest BCUT2D eigenvalue weighted by molar-refractivity contribution is 8.00. The van der Waals surface area contributed by atoms with Gasteiger partial charge in [-0.25, -0.2) is 28.1 Å². The Morgan fingerprint density at radius 2 is 1.13 bits per heavy atom. The fraction of sp³-hybridized carbons (Fsp3) is 0.537. The Hall–Kier alpha value is -6.22. The van der Waals surface area contributed by atoms with Crippen LogP contribution in [0.5, 0.6) is 5.75 Å². The van der Waals surface area contributed by atoms with Crippen LogP contribution < -0.4 is 9.57 Å². The van der Waals surface area contributed by atoms with Crippen molar-refractivity contribution >= 4 is 46.6 Å². The maximum absolute atomic E-state index is 13.5. The van der Waals surface area contributed by atoms with Crippen molar-refractivity contribution in [3.05, 3.63) is 102 Å². The van der Waals surface area contributed by atoms with Gasteiger partial charge in [0.05, 0.1) is 17.0 Å². The summed E-state index contributed by atoms with van der Waals surface area (Å²) in [7, 11) is 0. The minimum Gasteiger partial charge on any atom is -0.482 e. The molecule has 418 valence electrons. The molecule has 0 unspecified atom stereocenters. The van der Waals surface area contributed by atoms with Crippen LogP contribution in [0.25, 0.3) is 11.2 Å². The standard InChI is InChI=1S/C11H12F4O.C9H12N4O.C9H13NS.C8H13NO3.C8H11NO2.C7H12N2.2CH4/c1-5-6(12)8(14)9(15)10(7(5)13)16-11(2,3)4;1-9(2,3)14-13-8-7(11-12-13)5-4-6-10-8;1-9(2,3)11-8-6-4-5-7-10-8;1-8(2,3)12-9-6(10)4-5-7(9)11;1-8(2,3)9-6(10)4-5-7(9)11;1-7(2,3)9-5-4-8-6-9;;/h1-4H3;4-6H,1-3H3;4-7H,1-3H3;4-5H2,1-3H3;4-5H,1-3H3;4-6H,1-3H3;2*1H4. The molecular formula is C54H81F4N9O7S. The predicted molar refractivity (Wildman–Crippen MR) is 286 cm³/mol. The van der Waals surface area contributed by atoms with Gasteiger partial charge in [-0.2, -0.15) is 9.45 Å². The van der Waals surface area contributed by atoms with Crippen molar-refractivity contribution in [3.63, 3.8) is 0 Å². The molecule has 0 bridgehead atoms. The molecule has 0 spiro atoms. The van der Waals surface area contributed by atoms with E-state index in [-0.39, 0.29) is 67.2 Å². The largest absolute Gasteiger partial charge is 0.482 e. The van der Waals surface area contributed by atoms with Gasteiger partial charge in [-0.05, 0) is 140 Å². The minimum atomic E-state index is -1.72. The van der Waals surface area contributed by atoms with Gasteiger partial charge in [0.2, 0.25) is 11.5 Å². The third-order valence-corrected chi connectivity index (χ3v) is 9.63. The third kappa shape index (κ3) is 23.9. The number of benzene rings is 1. The number of amides is 4.